The number of hydrogen-bond acceptors (Lipinski definition) is 6. The normalized spacial score (nSPS) is 14.6. The van der Waals surface area contributed by atoms with E-state index >= 15 is 0 Å². The van der Waals surface area contributed by atoms with Crippen molar-refractivity contribution in [1.82, 2.24) is 0 Å². The molecule has 0 saturated heterocycles. The van der Waals surface area contributed by atoms with Gasteiger partial charge in [-0.25, -0.2) is 4.79 Å². The monoisotopic (exact) mass is 308 g/mol. The molecule has 0 aliphatic rings. The maximum Gasteiger partial charge on any atom is 0.330 e. The van der Waals surface area contributed by atoms with Gasteiger partial charge in [0.1, 0.15) is 6.10 Å². The summed E-state index contributed by atoms with van der Waals surface area (Å²) in [7, 11) is 1.53. The van der Waals surface area contributed by atoms with Crippen molar-refractivity contribution < 1.29 is 34.3 Å². The summed E-state index contributed by atoms with van der Waals surface area (Å²) in [5.41, 5.74) is 0.176. The maximum absolute atomic E-state index is 9.60. The summed E-state index contributed by atoms with van der Waals surface area (Å²) in [6, 6.07) is 0. The number of aliphatic carboxylic acids is 1. The van der Waals surface area contributed by atoms with Crippen LogP contribution in [0.15, 0.2) is 12.2 Å². The van der Waals surface area contributed by atoms with Gasteiger partial charge in [-0.2, -0.15) is 0 Å². The minimum Gasteiger partial charge on any atom is -0.478 e. The van der Waals surface area contributed by atoms with Gasteiger partial charge in [0.05, 0.1) is 38.6 Å². The fourth-order valence-corrected chi connectivity index (χ4v) is 0.916. The first-order chi connectivity index (χ1) is 9.74. The van der Waals surface area contributed by atoms with Crippen LogP contribution in [-0.2, 0) is 19.0 Å². The summed E-state index contributed by atoms with van der Waals surface area (Å²) in [5, 5.41) is 25.9. The second kappa shape index (κ2) is 14.0. The zero-order chi connectivity index (χ0) is 16.8. The van der Waals surface area contributed by atoms with E-state index in [9.17, 15) is 9.90 Å². The molecule has 0 aliphatic heterocycles. The van der Waals surface area contributed by atoms with Gasteiger partial charge in [-0.1, -0.05) is 6.58 Å². The molecule has 0 amide bonds. The van der Waals surface area contributed by atoms with Crippen molar-refractivity contribution in [2.24, 2.45) is 0 Å². The van der Waals surface area contributed by atoms with Crippen LogP contribution < -0.4 is 0 Å². The Balaban J connectivity index is 0. The molecule has 0 bridgehead atoms. The lowest BCUT2D eigenvalue weighted by Crippen LogP contribution is -2.27. The minimum absolute atomic E-state index is 0.000973. The molecule has 0 aliphatic carbocycles. The van der Waals surface area contributed by atoms with Crippen LogP contribution in [0, 0.1) is 0 Å². The van der Waals surface area contributed by atoms with E-state index in [0.717, 1.165) is 0 Å². The Labute approximate surface area is 126 Å². The van der Waals surface area contributed by atoms with Crippen molar-refractivity contribution in [2.75, 3.05) is 33.5 Å². The Hall–Kier alpha value is -0.990. The molecule has 3 N–H and O–H groups in total. The predicted molar refractivity (Wildman–Crippen MR) is 78.2 cm³/mol. The van der Waals surface area contributed by atoms with E-state index in [1.165, 1.54) is 14.0 Å². The summed E-state index contributed by atoms with van der Waals surface area (Å²) in [6.45, 7) is 9.13. The second-order valence-corrected chi connectivity index (χ2v) is 4.67. The largest absolute Gasteiger partial charge is 0.478 e. The van der Waals surface area contributed by atoms with Gasteiger partial charge in [0.2, 0.25) is 0 Å². The van der Waals surface area contributed by atoms with E-state index in [0.29, 0.717) is 6.61 Å². The highest BCUT2D eigenvalue weighted by Crippen LogP contribution is 1.98. The molecule has 0 aromatic heterocycles. The molecule has 21 heavy (non-hydrogen) atoms. The third kappa shape index (κ3) is 17.0. The molecule has 0 saturated carbocycles. The molecule has 0 radical (unpaired) electrons. The molecule has 0 heterocycles. The number of carbonyl (C=O) groups is 1. The lowest BCUT2D eigenvalue weighted by Gasteiger charge is -2.18. The van der Waals surface area contributed by atoms with Gasteiger partial charge in [-0.3, -0.25) is 0 Å². The van der Waals surface area contributed by atoms with Crippen LogP contribution in [0.5, 0.6) is 0 Å². The van der Waals surface area contributed by atoms with Crippen LogP contribution in [0.4, 0.5) is 0 Å². The van der Waals surface area contributed by atoms with E-state index in [1.807, 2.05) is 6.92 Å². The van der Waals surface area contributed by atoms with E-state index in [-0.39, 0.29) is 37.6 Å². The Kier molecular flexibility index (Phi) is 14.8. The number of methoxy groups -OCH3 is 1. The van der Waals surface area contributed by atoms with E-state index in [4.69, 9.17) is 24.4 Å². The lowest BCUT2D eigenvalue weighted by molar-refractivity contribution is -0.132. The quantitative estimate of drug-likeness (QED) is 0.503. The SMILES string of the molecule is C=C(C)C(=O)O.COCC(O)COC(C)COC(C)CO. The molecule has 7 heteroatoms. The molecule has 0 rings (SSSR count). The first-order valence-electron chi connectivity index (χ1n) is 6.64. The topological polar surface area (TPSA) is 105 Å². The van der Waals surface area contributed by atoms with Gasteiger partial charge in [0, 0.05) is 12.7 Å². The standard InChI is InChI=1S/C10H22O5.C4H6O2/c1-8(4-11)14-5-9(2)15-7-10(12)6-13-3;1-3(2)4(5)6/h8-12H,4-7H2,1-3H3;1H2,2H3,(H,5,6). The Morgan fingerprint density at radius 1 is 1.14 bits per heavy atom. The summed E-state index contributed by atoms with van der Waals surface area (Å²) in [5.74, 6) is -0.935. The molecule has 0 aromatic carbocycles. The zero-order valence-corrected chi connectivity index (χ0v) is 13.2. The van der Waals surface area contributed by atoms with Gasteiger partial charge in [-0.15, -0.1) is 0 Å². The molecular weight excluding hydrogens is 280 g/mol. The Morgan fingerprint density at radius 3 is 2.00 bits per heavy atom. The van der Waals surface area contributed by atoms with Gasteiger partial charge < -0.3 is 29.5 Å². The van der Waals surface area contributed by atoms with Crippen LogP contribution in [0.25, 0.3) is 0 Å². The third-order valence-corrected chi connectivity index (χ3v) is 2.17. The highest BCUT2D eigenvalue weighted by Gasteiger charge is 2.09. The number of carboxylic acids is 1. The first kappa shape index (κ1) is 22.3. The smallest absolute Gasteiger partial charge is 0.330 e. The minimum atomic E-state index is -0.935. The van der Waals surface area contributed by atoms with E-state index < -0.39 is 12.1 Å². The molecule has 0 spiro atoms. The van der Waals surface area contributed by atoms with Crippen LogP contribution >= 0.6 is 0 Å². The van der Waals surface area contributed by atoms with Crippen molar-refractivity contribution in [3.05, 3.63) is 12.2 Å². The van der Waals surface area contributed by atoms with Crippen molar-refractivity contribution in [1.29, 1.82) is 0 Å². The van der Waals surface area contributed by atoms with E-state index in [2.05, 4.69) is 6.58 Å². The summed E-state index contributed by atoms with van der Waals surface area (Å²) in [6.07, 6.45) is -0.891. The number of ether oxygens (including phenoxy) is 3. The number of rotatable bonds is 10. The van der Waals surface area contributed by atoms with Gasteiger partial charge >= 0.3 is 5.97 Å². The van der Waals surface area contributed by atoms with Crippen LogP contribution in [-0.4, -0.2) is 73.1 Å². The maximum atomic E-state index is 9.60. The van der Waals surface area contributed by atoms with Crippen LogP contribution in [0.1, 0.15) is 20.8 Å². The number of aliphatic hydroxyl groups is 2. The van der Waals surface area contributed by atoms with Crippen molar-refractivity contribution in [3.8, 4) is 0 Å². The average molecular weight is 308 g/mol. The highest BCUT2D eigenvalue weighted by molar-refractivity contribution is 5.84. The molecule has 0 fully saturated rings. The fraction of sp³-hybridized carbons (Fsp3) is 0.786. The average Bonchev–Trinajstić information content (AvgIpc) is 2.43. The highest BCUT2D eigenvalue weighted by atomic mass is 16.5. The molecule has 3 unspecified atom stereocenters. The van der Waals surface area contributed by atoms with E-state index in [1.54, 1.807) is 6.92 Å². The van der Waals surface area contributed by atoms with Crippen LogP contribution in [0.2, 0.25) is 0 Å². The lowest BCUT2D eigenvalue weighted by atomic mass is 10.4. The number of aliphatic hydroxyl groups excluding tert-OH is 2. The summed E-state index contributed by atoms with van der Waals surface area (Å²) in [4.78, 5) is 9.60. The third-order valence-electron chi connectivity index (χ3n) is 2.17. The second-order valence-electron chi connectivity index (χ2n) is 4.67. The summed E-state index contributed by atoms with van der Waals surface area (Å²) >= 11 is 0. The fourth-order valence-electron chi connectivity index (χ4n) is 0.916. The first-order valence-corrected chi connectivity index (χ1v) is 6.64. The Bertz CT molecular complexity index is 268. The molecular formula is C14H28O7. The van der Waals surface area contributed by atoms with Crippen molar-refractivity contribution >= 4 is 5.97 Å². The van der Waals surface area contributed by atoms with Gasteiger partial charge in [-0.05, 0) is 20.8 Å². The number of hydrogen-bond donors (Lipinski definition) is 3. The molecule has 126 valence electrons. The predicted octanol–water partition coefficient (Wildman–Crippen LogP) is 0.443. The molecule has 7 nitrogen and oxygen atoms in total. The number of carboxylic acid groups (broad SMARTS) is 1. The molecule has 3 atom stereocenters. The van der Waals surface area contributed by atoms with Crippen molar-refractivity contribution in [3.63, 3.8) is 0 Å². The van der Waals surface area contributed by atoms with Crippen LogP contribution in [0.3, 0.4) is 0 Å². The Morgan fingerprint density at radius 2 is 1.62 bits per heavy atom. The van der Waals surface area contributed by atoms with Gasteiger partial charge in [0.15, 0.2) is 0 Å². The van der Waals surface area contributed by atoms with Crippen molar-refractivity contribution in [2.45, 2.75) is 39.1 Å². The molecule has 0 aromatic rings. The summed E-state index contributed by atoms with van der Waals surface area (Å²) < 4.78 is 15.3. The van der Waals surface area contributed by atoms with Gasteiger partial charge in [0.25, 0.3) is 0 Å². The zero-order valence-electron chi connectivity index (χ0n) is 13.2.